The SMILES string of the molecule is CCOP(=O)(OCC)[C@H]1CC=C[C@@H](CC=O)[C@@H]1C(=O)c1ccccc1. The normalized spacial score (nSPS) is 23.4. The van der Waals surface area contributed by atoms with E-state index in [-0.39, 0.29) is 31.3 Å². The van der Waals surface area contributed by atoms with E-state index < -0.39 is 19.2 Å². The molecule has 0 heterocycles. The minimum absolute atomic E-state index is 0.124. The molecular weight excluding hydrogens is 339 g/mol. The third kappa shape index (κ3) is 4.55. The van der Waals surface area contributed by atoms with Gasteiger partial charge >= 0.3 is 7.60 Å². The van der Waals surface area contributed by atoms with Crippen LogP contribution in [0.25, 0.3) is 0 Å². The fraction of sp³-hybridized carbons (Fsp3) is 0.474. The van der Waals surface area contributed by atoms with E-state index in [1.165, 1.54) is 0 Å². The van der Waals surface area contributed by atoms with Crippen LogP contribution in [-0.2, 0) is 18.4 Å². The van der Waals surface area contributed by atoms with Gasteiger partial charge in [0, 0.05) is 17.9 Å². The molecule has 0 amide bonds. The van der Waals surface area contributed by atoms with Crippen molar-refractivity contribution in [2.24, 2.45) is 11.8 Å². The standard InChI is InChI=1S/C19H25O5P/c1-3-23-25(22,24-4-2)17-12-8-11-15(13-14-20)18(17)19(21)16-9-6-5-7-10-16/h5-11,14-15,17-18H,3-4,12-13H2,1-2H3/t15-,17-,18-/m0/s1. The van der Waals surface area contributed by atoms with Crippen LogP contribution < -0.4 is 0 Å². The summed E-state index contributed by atoms with van der Waals surface area (Å²) in [6, 6.07) is 8.90. The molecule has 6 heteroatoms. The maximum absolute atomic E-state index is 13.3. The zero-order chi connectivity index (χ0) is 18.3. The van der Waals surface area contributed by atoms with E-state index in [1.54, 1.807) is 38.1 Å². The van der Waals surface area contributed by atoms with Crippen molar-refractivity contribution in [1.29, 1.82) is 0 Å². The lowest BCUT2D eigenvalue weighted by molar-refractivity contribution is -0.108. The summed E-state index contributed by atoms with van der Waals surface area (Å²) in [7, 11) is -3.47. The molecule has 2 rings (SSSR count). The Bertz CT molecular complexity index is 645. The molecule has 1 aromatic rings. The number of carbonyl (C=O) groups excluding carboxylic acids is 2. The molecule has 3 atom stereocenters. The van der Waals surface area contributed by atoms with Crippen molar-refractivity contribution in [3.05, 3.63) is 48.0 Å². The quantitative estimate of drug-likeness (QED) is 0.283. The maximum Gasteiger partial charge on any atom is 0.334 e. The van der Waals surface area contributed by atoms with Crippen LogP contribution in [0.15, 0.2) is 42.5 Å². The summed E-state index contributed by atoms with van der Waals surface area (Å²) in [6.45, 7) is 3.98. The van der Waals surface area contributed by atoms with Crippen LogP contribution in [0, 0.1) is 11.8 Å². The fourth-order valence-corrected chi connectivity index (χ4v) is 5.67. The Morgan fingerprint density at radius 1 is 1.20 bits per heavy atom. The monoisotopic (exact) mass is 364 g/mol. The number of hydrogen-bond donors (Lipinski definition) is 0. The first-order valence-corrected chi connectivity index (χ1v) is 10.3. The summed E-state index contributed by atoms with van der Waals surface area (Å²) in [4.78, 5) is 24.3. The maximum atomic E-state index is 13.3. The Morgan fingerprint density at radius 3 is 2.40 bits per heavy atom. The first-order valence-electron chi connectivity index (χ1n) is 8.65. The number of ketones is 1. The van der Waals surface area contributed by atoms with E-state index in [1.807, 2.05) is 18.2 Å². The second-order valence-electron chi connectivity index (χ2n) is 5.93. The smallest absolute Gasteiger partial charge is 0.309 e. The minimum atomic E-state index is -3.47. The molecule has 0 saturated heterocycles. The van der Waals surface area contributed by atoms with Crippen LogP contribution in [0.5, 0.6) is 0 Å². The second-order valence-corrected chi connectivity index (χ2v) is 8.19. The predicted molar refractivity (Wildman–Crippen MR) is 96.8 cm³/mol. The second kappa shape index (κ2) is 9.23. The molecule has 0 spiro atoms. The van der Waals surface area contributed by atoms with Gasteiger partial charge in [0.25, 0.3) is 0 Å². The van der Waals surface area contributed by atoms with E-state index in [4.69, 9.17) is 9.05 Å². The molecule has 25 heavy (non-hydrogen) atoms. The molecule has 0 radical (unpaired) electrons. The van der Waals surface area contributed by atoms with E-state index in [0.29, 0.717) is 12.0 Å². The van der Waals surface area contributed by atoms with E-state index in [2.05, 4.69) is 0 Å². The number of hydrogen-bond acceptors (Lipinski definition) is 5. The molecule has 1 aliphatic rings. The Labute approximate surface area is 148 Å². The van der Waals surface area contributed by atoms with Crippen molar-refractivity contribution >= 4 is 19.7 Å². The molecule has 0 fully saturated rings. The highest BCUT2D eigenvalue weighted by Gasteiger charge is 2.47. The predicted octanol–water partition coefficient (Wildman–Crippen LogP) is 4.29. The fourth-order valence-electron chi connectivity index (χ4n) is 3.36. The van der Waals surface area contributed by atoms with Gasteiger partial charge in [0.15, 0.2) is 5.78 Å². The highest BCUT2D eigenvalue weighted by atomic mass is 31.2. The Morgan fingerprint density at radius 2 is 1.84 bits per heavy atom. The number of aldehydes is 1. The molecule has 0 bridgehead atoms. The Hall–Kier alpha value is -1.55. The molecule has 0 saturated carbocycles. The highest BCUT2D eigenvalue weighted by molar-refractivity contribution is 7.54. The zero-order valence-corrected chi connectivity index (χ0v) is 15.6. The van der Waals surface area contributed by atoms with Crippen LogP contribution >= 0.6 is 7.60 Å². The van der Waals surface area contributed by atoms with Gasteiger partial charge in [0.05, 0.1) is 18.9 Å². The topological polar surface area (TPSA) is 69.7 Å². The molecule has 0 aromatic heterocycles. The molecule has 5 nitrogen and oxygen atoms in total. The van der Waals surface area contributed by atoms with Gasteiger partial charge in [-0.15, -0.1) is 0 Å². The van der Waals surface area contributed by atoms with Crippen molar-refractivity contribution in [3.8, 4) is 0 Å². The van der Waals surface area contributed by atoms with Gasteiger partial charge in [0.1, 0.15) is 6.29 Å². The molecule has 1 aliphatic carbocycles. The summed E-state index contributed by atoms with van der Waals surface area (Å²) < 4.78 is 24.4. The van der Waals surface area contributed by atoms with Gasteiger partial charge in [-0.25, -0.2) is 0 Å². The number of Topliss-reactive ketones (excluding diaryl/α,β-unsaturated/α-hetero) is 1. The van der Waals surface area contributed by atoms with Crippen molar-refractivity contribution in [2.45, 2.75) is 32.3 Å². The average molecular weight is 364 g/mol. The molecule has 1 aromatic carbocycles. The Kier molecular flexibility index (Phi) is 7.30. The summed E-state index contributed by atoms with van der Waals surface area (Å²) in [5.74, 6) is -1.04. The molecule has 0 aliphatic heterocycles. The Balaban J connectivity index is 2.45. The first kappa shape index (κ1) is 19.8. The van der Waals surface area contributed by atoms with Gasteiger partial charge in [-0.05, 0) is 26.2 Å². The van der Waals surface area contributed by atoms with Crippen LogP contribution in [0.2, 0.25) is 0 Å². The van der Waals surface area contributed by atoms with Gasteiger partial charge < -0.3 is 13.8 Å². The number of allylic oxidation sites excluding steroid dienone is 2. The van der Waals surface area contributed by atoms with Crippen LogP contribution in [0.1, 0.15) is 37.0 Å². The van der Waals surface area contributed by atoms with Crippen LogP contribution in [0.3, 0.4) is 0 Å². The third-order valence-corrected chi connectivity index (χ3v) is 6.97. The molecule has 0 unspecified atom stereocenters. The number of carbonyl (C=O) groups is 2. The summed E-state index contributed by atoms with van der Waals surface area (Å²) in [5.41, 5.74) is -0.0432. The molecule has 0 N–H and O–H groups in total. The van der Waals surface area contributed by atoms with E-state index in [0.717, 1.165) is 6.29 Å². The first-order chi connectivity index (χ1) is 12.1. The summed E-state index contributed by atoms with van der Waals surface area (Å²) in [6.07, 6.45) is 5.18. The largest absolute Gasteiger partial charge is 0.334 e. The van der Waals surface area contributed by atoms with Crippen LogP contribution in [-0.4, -0.2) is 30.9 Å². The van der Waals surface area contributed by atoms with Crippen molar-refractivity contribution in [2.75, 3.05) is 13.2 Å². The van der Waals surface area contributed by atoms with Gasteiger partial charge in [0.2, 0.25) is 0 Å². The van der Waals surface area contributed by atoms with Crippen LogP contribution in [0.4, 0.5) is 0 Å². The van der Waals surface area contributed by atoms with E-state index in [9.17, 15) is 14.2 Å². The van der Waals surface area contributed by atoms with Gasteiger partial charge in [-0.1, -0.05) is 42.5 Å². The summed E-state index contributed by atoms with van der Waals surface area (Å²) >= 11 is 0. The lowest BCUT2D eigenvalue weighted by atomic mass is 9.77. The highest BCUT2D eigenvalue weighted by Crippen LogP contribution is 2.59. The van der Waals surface area contributed by atoms with Gasteiger partial charge in [-0.2, -0.15) is 0 Å². The van der Waals surface area contributed by atoms with Gasteiger partial charge in [-0.3, -0.25) is 9.36 Å². The minimum Gasteiger partial charge on any atom is -0.309 e. The van der Waals surface area contributed by atoms with Crippen molar-refractivity contribution in [1.82, 2.24) is 0 Å². The number of rotatable bonds is 9. The number of benzene rings is 1. The average Bonchev–Trinajstić information content (AvgIpc) is 2.62. The van der Waals surface area contributed by atoms with Crippen molar-refractivity contribution < 1.29 is 23.2 Å². The molecule has 136 valence electrons. The van der Waals surface area contributed by atoms with E-state index >= 15 is 0 Å². The summed E-state index contributed by atoms with van der Waals surface area (Å²) in [5, 5.41) is 0. The lowest BCUT2D eigenvalue weighted by Gasteiger charge is -2.36. The van der Waals surface area contributed by atoms with Crippen molar-refractivity contribution in [3.63, 3.8) is 0 Å². The third-order valence-electron chi connectivity index (χ3n) is 4.39. The zero-order valence-electron chi connectivity index (χ0n) is 14.7. The molecular formula is C19H25O5P. The lowest BCUT2D eigenvalue weighted by Crippen LogP contribution is -2.37.